The van der Waals surface area contributed by atoms with Crippen molar-refractivity contribution in [3.63, 3.8) is 0 Å². The van der Waals surface area contributed by atoms with Crippen LogP contribution in [0.3, 0.4) is 0 Å². The van der Waals surface area contributed by atoms with Gasteiger partial charge in [-0.2, -0.15) is 0 Å². The first kappa shape index (κ1) is 15.6. The van der Waals surface area contributed by atoms with E-state index in [2.05, 4.69) is 9.83 Å². The van der Waals surface area contributed by atoms with Gasteiger partial charge >= 0.3 is 0 Å². The third-order valence-electron chi connectivity index (χ3n) is 3.20. The van der Waals surface area contributed by atoms with Crippen molar-refractivity contribution in [2.45, 2.75) is 43.8 Å². The fraction of sp³-hybridized carbons (Fsp3) is 0.571. The normalized spacial score (nSPS) is 13.5. The summed E-state index contributed by atoms with van der Waals surface area (Å²) in [6.07, 6.45) is 3.04. The van der Waals surface area contributed by atoms with Crippen LogP contribution in [0, 0.1) is 12.5 Å². The monoisotopic (exact) mass is 280 g/mol. The molecule has 0 radical (unpaired) electrons. The van der Waals surface area contributed by atoms with Crippen LogP contribution in [-0.2, 0) is 9.84 Å². The van der Waals surface area contributed by atoms with E-state index in [0.717, 1.165) is 5.56 Å². The quantitative estimate of drug-likeness (QED) is 0.779. The standard InChI is InChI=1S/C14H20N2O2S/c1-10(2)14(9-15-5)12-6-13(8-16-7-12)19(17,18)11(3)4/h6-8,10-11,14H,9H2,1-4H3. The Bertz CT molecular complexity index is 571. The van der Waals surface area contributed by atoms with Crippen LogP contribution in [0.1, 0.15) is 39.2 Å². The van der Waals surface area contributed by atoms with E-state index in [1.165, 1.54) is 6.20 Å². The van der Waals surface area contributed by atoms with Crippen molar-refractivity contribution in [1.29, 1.82) is 0 Å². The lowest BCUT2D eigenvalue weighted by molar-refractivity contribution is 0.522. The molecule has 0 saturated heterocycles. The van der Waals surface area contributed by atoms with Gasteiger partial charge in [0.15, 0.2) is 9.84 Å². The van der Waals surface area contributed by atoms with E-state index in [9.17, 15) is 8.42 Å². The summed E-state index contributed by atoms with van der Waals surface area (Å²) in [4.78, 5) is 7.72. The SMILES string of the molecule is [C-]#[N+]CC(c1cncc(S(=O)(=O)C(C)C)c1)C(C)C. The highest BCUT2D eigenvalue weighted by Crippen LogP contribution is 2.27. The zero-order valence-electron chi connectivity index (χ0n) is 11.8. The lowest BCUT2D eigenvalue weighted by atomic mass is 9.90. The van der Waals surface area contributed by atoms with Crippen molar-refractivity contribution >= 4 is 9.84 Å². The average molecular weight is 280 g/mol. The molecule has 0 saturated carbocycles. The maximum atomic E-state index is 12.1. The van der Waals surface area contributed by atoms with Gasteiger partial charge in [0.2, 0.25) is 6.54 Å². The molecular formula is C14H20N2O2S. The van der Waals surface area contributed by atoms with Gasteiger partial charge in [-0.25, -0.2) is 15.0 Å². The molecule has 0 aliphatic rings. The second kappa shape index (κ2) is 6.16. The lowest BCUT2D eigenvalue weighted by Gasteiger charge is -2.16. The minimum absolute atomic E-state index is 0.0207. The summed E-state index contributed by atoms with van der Waals surface area (Å²) in [5.41, 5.74) is 0.827. The van der Waals surface area contributed by atoms with Gasteiger partial charge in [0.1, 0.15) is 0 Å². The molecule has 0 aromatic carbocycles. The highest BCUT2D eigenvalue weighted by molar-refractivity contribution is 7.92. The predicted octanol–water partition coefficient (Wildman–Crippen LogP) is 2.92. The van der Waals surface area contributed by atoms with Gasteiger partial charge < -0.3 is 4.85 Å². The van der Waals surface area contributed by atoms with Crippen molar-refractivity contribution < 1.29 is 8.42 Å². The molecular weight excluding hydrogens is 260 g/mol. The van der Waals surface area contributed by atoms with Crippen LogP contribution in [0.25, 0.3) is 4.85 Å². The fourth-order valence-corrected chi connectivity index (χ4v) is 2.92. The molecule has 5 heteroatoms. The molecule has 0 aliphatic heterocycles. The van der Waals surface area contributed by atoms with Crippen molar-refractivity contribution in [2.75, 3.05) is 6.54 Å². The van der Waals surface area contributed by atoms with Gasteiger partial charge in [-0.15, -0.1) is 0 Å². The maximum absolute atomic E-state index is 12.1. The molecule has 0 amide bonds. The molecule has 1 aromatic rings. The molecule has 19 heavy (non-hydrogen) atoms. The Morgan fingerprint density at radius 2 is 1.89 bits per heavy atom. The largest absolute Gasteiger partial charge is 0.316 e. The third kappa shape index (κ3) is 3.54. The Balaban J connectivity index is 3.24. The molecule has 0 fully saturated rings. The fourth-order valence-electron chi connectivity index (χ4n) is 1.87. The lowest BCUT2D eigenvalue weighted by Crippen LogP contribution is -2.16. The summed E-state index contributed by atoms with van der Waals surface area (Å²) < 4.78 is 24.3. The van der Waals surface area contributed by atoms with E-state index in [0.29, 0.717) is 6.54 Å². The molecule has 104 valence electrons. The van der Waals surface area contributed by atoms with E-state index in [1.54, 1.807) is 26.1 Å². The molecule has 1 rings (SSSR count). The van der Waals surface area contributed by atoms with E-state index < -0.39 is 15.1 Å². The van der Waals surface area contributed by atoms with E-state index in [-0.39, 0.29) is 16.7 Å². The van der Waals surface area contributed by atoms with Crippen LogP contribution in [0.5, 0.6) is 0 Å². The summed E-state index contributed by atoms with van der Waals surface area (Å²) in [7, 11) is -3.31. The molecule has 0 bridgehead atoms. The van der Waals surface area contributed by atoms with Crippen molar-refractivity contribution in [2.24, 2.45) is 5.92 Å². The van der Waals surface area contributed by atoms with Crippen LogP contribution < -0.4 is 0 Å². The van der Waals surface area contributed by atoms with E-state index in [1.807, 2.05) is 13.8 Å². The second-order valence-electron chi connectivity index (χ2n) is 5.24. The molecule has 0 spiro atoms. The van der Waals surface area contributed by atoms with Gasteiger partial charge in [-0.1, -0.05) is 13.8 Å². The summed E-state index contributed by atoms with van der Waals surface area (Å²) >= 11 is 0. The minimum Gasteiger partial charge on any atom is -0.316 e. The zero-order chi connectivity index (χ0) is 14.6. The Morgan fingerprint density at radius 1 is 1.26 bits per heavy atom. The van der Waals surface area contributed by atoms with Gasteiger partial charge in [0.25, 0.3) is 0 Å². The molecule has 1 heterocycles. The highest BCUT2D eigenvalue weighted by Gasteiger charge is 2.24. The van der Waals surface area contributed by atoms with Gasteiger partial charge in [-0.05, 0) is 31.4 Å². The zero-order valence-corrected chi connectivity index (χ0v) is 12.6. The number of hydrogen-bond acceptors (Lipinski definition) is 3. The number of hydrogen-bond donors (Lipinski definition) is 0. The summed E-state index contributed by atoms with van der Waals surface area (Å²) in [6, 6.07) is 1.66. The first-order chi connectivity index (χ1) is 8.80. The van der Waals surface area contributed by atoms with E-state index in [4.69, 9.17) is 6.57 Å². The van der Waals surface area contributed by atoms with Crippen LogP contribution in [0.2, 0.25) is 0 Å². The number of pyridine rings is 1. The van der Waals surface area contributed by atoms with Crippen molar-refractivity contribution in [3.8, 4) is 0 Å². The molecule has 4 nitrogen and oxygen atoms in total. The molecule has 1 atom stereocenters. The second-order valence-corrected chi connectivity index (χ2v) is 7.74. The summed E-state index contributed by atoms with van der Waals surface area (Å²) in [6.45, 7) is 14.7. The van der Waals surface area contributed by atoms with E-state index >= 15 is 0 Å². The van der Waals surface area contributed by atoms with Gasteiger partial charge in [-0.3, -0.25) is 4.98 Å². The smallest absolute Gasteiger partial charge is 0.221 e. The molecule has 0 N–H and O–H groups in total. The Labute approximate surface area is 115 Å². The summed E-state index contributed by atoms with van der Waals surface area (Å²) in [5.74, 6) is 0.292. The number of rotatable bonds is 5. The average Bonchev–Trinajstić information content (AvgIpc) is 2.35. The van der Waals surface area contributed by atoms with Gasteiger partial charge in [0, 0.05) is 12.4 Å². The topological polar surface area (TPSA) is 51.4 Å². The number of nitrogens with zero attached hydrogens (tertiary/aromatic N) is 2. The highest BCUT2D eigenvalue weighted by atomic mass is 32.2. The van der Waals surface area contributed by atoms with Crippen molar-refractivity contribution in [3.05, 3.63) is 35.4 Å². The molecule has 1 unspecified atom stereocenters. The number of sulfone groups is 1. The van der Waals surface area contributed by atoms with Crippen LogP contribution >= 0.6 is 0 Å². The van der Waals surface area contributed by atoms with Crippen LogP contribution in [-0.4, -0.2) is 25.2 Å². The maximum Gasteiger partial charge on any atom is 0.221 e. The Kier molecular flexibility index (Phi) is 5.07. The predicted molar refractivity (Wildman–Crippen MR) is 75.6 cm³/mol. The van der Waals surface area contributed by atoms with Crippen LogP contribution in [0.4, 0.5) is 0 Å². The molecule has 0 aliphatic carbocycles. The Morgan fingerprint density at radius 3 is 2.37 bits per heavy atom. The van der Waals surface area contributed by atoms with Crippen LogP contribution in [0.15, 0.2) is 23.4 Å². The molecule has 1 aromatic heterocycles. The Hall–Kier alpha value is -1.41. The summed E-state index contributed by atoms with van der Waals surface area (Å²) in [5, 5.41) is -0.470. The third-order valence-corrected chi connectivity index (χ3v) is 5.33. The number of aromatic nitrogens is 1. The first-order valence-electron chi connectivity index (χ1n) is 6.32. The van der Waals surface area contributed by atoms with Gasteiger partial charge in [0.05, 0.1) is 16.1 Å². The first-order valence-corrected chi connectivity index (χ1v) is 7.87. The van der Waals surface area contributed by atoms with Crippen molar-refractivity contribution in [1.82, 2.24) is 4.98 Å². The minimum atomic E-state index is -3.31.